The quantitative estimate of drug-likeness (QED) is 0.368. The van der Waals surface area contributed by atoms with Crippen molar-refractivity contribution in [1.29, 1.82) is 0 Å². The molecule has 0 saturated carbocycles. The van der Waals surface area contributed by atoms with Crippen LogP contribution in [0.4, 0.5) is 0 Å². The summed E-state index contributed by atoms with van der Waals surface area (Å²) in [7, 11) is 0. The highest BCUT2D eigenvalue weighted by Gasteiger charge is 2.16. The SMILES string of the molecule is CCn1c(SCc2cccnc2)nc2scc(-c3ccccc3)c2c1=O. The van der Waals surface area contributed by atoms with Crippen LogP contribution in [-0.2, 0) is 12.3 Å². The predicted octanol–water partition coefficient (Wildman–Crippen LogP) is 4.83. The normalized spacial score (nSPS) is 11.1. The van der Waals surface area contributed by atoms with Gasteiger partial charge in [0.2, 0.25) is 0 Å². The Hall–Kier alpha value is -2.44. The molecule has 1 aromatic carbocycles. The lowest BCUT2D eigenvalue weighted by Crippen LogP contribution is -2.22. The molecule has 0 radical (unpaired) electrons. The third-order valence-electron chi connectivity index (χ3n) is 4.15. The fraction of sp³-hybridized carbons (Fsp3) is 0.150. The molecule has 0 aliphatic carbocycles. The molecule has 0 amide bonds. The minimum Gasteiger partial charge on any atom is -0.287 e. The Bertz CT molecular complexity index is 1090. The summed E-state index contributed by atoms with van der Waals surface area (Å²) in [5.74, 6) is 0.739. The molecule has 0 atom stereocenters. The lowest BCUT2D eigenvalue weighted by molar-refractivity contribution is 0.635. The Morgan fingerprint density at radius 2 is 2.00 bits per heavy atom. The first-order valence-corrected chi connectivity index (χ1v) is 10.2. The highest BCUT2D eigenvalue weighted by molar-refractivity contribution is 7.98. The molecule has 0 aliphatic rings. The van der Waals surface area contributed by atoms with Gasteiger partial charge in [-0.05, 0) is 24.1 Å². The maximum absolute atomic E-state index is 13.2. The summed E-state index contributed by atoms with van der Waals surface area (Å²) in [6.45, 7) is 2.58. The fourth-order valence-electron chi connectivity index (χ4n) is 2.86. The number of hydrogen-bond acceptors (Lipinski definition) is 5. The van der Waals surface area contributed by atoms with E-state index in [1.807, 2.05) is 61.0 Å². The maximum Gasteiger partial charge on any atom is 0.263 e. The van der Waals surface area contributed by atoms with E-state index in [0.717, 1.165) is 32.4 Å². The zero-order valence-electron chi connectivity index (χ0n) is 14.3. The van der Waals surface area contributed by atoms with E-state index in [9.17, 15) is 4.79 Å². The summed E-state index contributed by atoms with van der Waals surface area (Å²) in [6, 6.07) is 14.0. The first-order valence-electron chi connectivity index (χ1n) is 8.37. The molecule has 6 heteroatoms. The summed E-state index contributed by atoms with van der Waals surface area (Å²) in [5.41, 5.74) is 3.17. The van der Waals surface area contributed by atoms with Crippen molar-refractivity contribution in [3.8, 4) is 11.1 Å². The molecular formula is C20H17N3OS2. The van der Waals surface area contributed by atoms with Crippen LogP contribution in [0.3, 0.4) is 0 Å². The Labute approximate surface area is 159 Å². The van der Waals surface area contributed by atoms with Gasteiger partial charge in [-0.3, -0.25) is 14.3 Å². The van der Waals surface area contributed by atoms with E-state index in [1.165, 1.54) is 11.3 Å². The molecule has 0 N–H and O–H groups in total. The Morgan fingerprint density at radius 3 is 2.73 bits per heavy atom. The van der Waals surface area contributed by atoms with E-state index in [2.05, 4.69) is 4.98 Å². The van der Waals surface area contributed by atoms with Crippen LogP contribution < -0.4 is 5.56 Å². The molecule has 26 heavy (non-hydrogen) atoms. The van der Waals surface area contributed by atoms with Crippen LogP contribution in [0.2, 0.25) is 0 Å². The molecule has 0 saturated heterocycles. The Morgan fingerprint density at radius 1 is 1.15 bits per heavy atom. The summed E-state index contributed by atoms with van der Waals surface area (Å²) in [6.07, 6.45) is 3.61. The highest BCUT2D eigenvalue weighted by Crippen LogP contribution is 2.32. The molecule has 130 valence electrons. The van der Waals surface area contributed by atoms with Crippen molar-refractivity contribution in [2.24, 2.45) is 0 Å². The van der Waals surface area contributed by atoms with Gasteiger partial charge in [0, 0.05) is 35.6 Å². The Kier molecular flexibility index (Phi) is 4.86. The van der Waals surface area contributed by atoms with Gasteiger partial charge in [0.25, 0.3) is 5.56 Å². The number of thiophene rings is 1. The second-order valence-electron chi connectivity index (χ2n) is 5.79. The summed E-state index contributed by atoms with van der Waals surface area (Å²) < 4.78 is 1.77. The molecular weight excluding hydrogens is 362 g/mol. The van der Waals surface area contributed by atoms with Crippen LogP contribution in [0.5, 0.6) is 0 Å². The molecule has 0 fully saturated rings. The van der Waals surface area contributed by atoms with Gasteiger partial charge in [-0.2, -0.15) is 0 Å². The number of benzene rings is 1. The van der Waals surface area contributed by atoms with Crippen molar-refractivity contribution in [1.82, 2.24) is 14.5 Å². The summed E-state index contributed by atoms with van der Waals surface area (Å²) in [5, 5.41) is 3.51. The third-order valence-corrected chi connectivity index (χ3v) is 6.07. The molecule has 0 bridgehead atoms. The summed E-state index contributed by atoms with van der Waals surface area (Å²) in [4.78, 5) is 22.9. The summed E-state index contributed by atoms with van der Waals surface area (Å²) >= 11 is 3.11. The number of pyridine rings is 1. The van der Waals surface area contributed by atoms with Gasteiger partial charge in [0.15, 0.2) is 5.16 Å². The zero-order chi connectivity index (χ0) is 17.9. The van der Waals surface area contributed by atoms with E-state index < -0.39 is 0 Å². The molecule has 0 spiro atoms. The topological polar surface area (TPSA) is 47.8 Å². The van der Waals surface area contributed by atoms with E-state index in [1.54, 1.807) is 22.5 Å². The first-order chi connectivity index (χ1) is 12.8. The third kappa shape index (κ3) is 3.18. The van der Waals surface area contributed by atoms with Crippen LogP contribution in [0.1, 0.15) is 12.5 Å². The number of aromatic nitrogens is 3. The van der Waals surface area contributed by atoms with Crippen LogP contribution in [0.15, 0.2) is 70.2 Å². The number of rotatable bonds is 5. The number of nitrogens with zero attached hydrogens (tertiary/aromatic N) is 3. The lowest BCUT2D eigenvalue weighted by Gasteiger charge is -2.10. The molecule has 3 aromatic heterocycles. The van der Waals surface area contributed by atoms with E-state index in [4.69, 9.17) is 4.98 Å². The lowest BCUT2D eigenvalue weighted by atomic mass is 10.1. The monoisotopic (exact) mass is 379 g/mol. The average molecular weight is 380 g/mol. The fourth-order valence-corrected chi connectivity index (χ4v) is 4.84. The Balaban J connectivity index is 1.78. The number of thioether (sulfide) groups is 1. The van der Waals surface area contributed by atoms with Crippen LogP contribution in [0, 0.1) is 0 Å². The van der Waals surface area contributed by atoms with Gasteiger partial charge in [-0.1, -0.05) is 48.2 Å². The second-order valence-corrected chi connectivity index (χ2v) is 7.59. The van der Waals surface area contributed by atoms with Gasteiger partial charge < -0.3 is 0 Å². The number of hydrogen-bond donors (Lipinski definition) is 0. The van der Waals surface area contributed by atoms with Crippen molar-refractivity contribution < 1.29 is 0 Å². The van der Waals surface area contributed by atoms with Crippen molar-refractivity contribution in [3.05, 3.63) is 76.2 Å². The van der Waals surface area contributed by atoms with E-state index >= 15 is 0 Å². The van der Waals surface area contributed by atoms with Crippen molar-refractivity contribution in [3.63, 3.8) is 0 Å². The minimum atomic E-state index is 0.0336. The molecule has 4 aromatic rings. The zero-order valence-corrected chi connectivity index (χ0v) is 15.9. The van der Waals surface area contributed by atoms with Gasteiger partial charge >= 0.3 is 0 Å². The average Bonchev–Trinajstić information content (AvgIpc) is 3.12. The number of fused-ring (bicyclic) bond motifs is 1. The molecule has 4 nitrogen and oxygen atoms in total. The smallest absolute Gasteiger partial charge is 0.263 e. The predicted molar refractivity (Wildman–Crippen MR) is 109 cm³/mol. The van der Waals surface area contributed by atoms with Crippen LogP contribution in [-0.4, -0.2) is 14.5 Å². The molecule has 3 heterocycles. The van der Waals surface area contributed by atoms with Gasteiger partial charge in [-0.25, -0.2) is 4.98 Å². The first kappa shape index (κ1) is 17.0. The standard InChI is InChI=1S/C20H17N3OS2/c1-2-23-19(24)17-16(15-8-4-3-5-9-15)13-25-18(17)22-20(23)26-12-14-7-6-10-21-11-14/h3-11,13H,2,12H2,1H3. The second kappa shape index (κ2) is 7.43. The van der Waals surface area contributed by atoms with Gasteiger partial charge in [0.05, 0.1) is 5.39 Å². The van der Waals surface area contributed by atoms with Gasteiger partial charge in [-0.15, -0.1) is 11.3 Å². The maximum atomic E-state index is 13.2. The van der Waals surface area contributed by atoms with Crippen molar-refractivity contribution in [2.45, 2.75) is 24.4 Å². The largest absolute Gasteiger partial charge is 0.287 e. The van der Waals surface area contributed by atoms with Crippen molar-refractivity contribution in [2.75, 3.05) is 0 Å². The van der Waals surface area contributed by atoms with Crippen molar-refractivity contribution >= 4 is 33.3 Å². The molecule has 0 unspecified atom stereocenters. The van der Waals surface area contributed by atoms with Crippen LogP contribution >= 0.6 is 23.1 Å². The van der Waals surface area contributed by atoms with Gasteiger partial charge in [0.1, 0.15) is 4.83 Å². The van der Waals surface area contributed by atoms with Crippen LogP contribution in [0.25, 0.3) is 21.3 Å². The van der Waals surface area contributed by atoms with E-state index in [0.29, 0.717) is 11.9 Å². The van der Waals surface area contributed by atoms with E-state index in [-0.39, 0.29) is 5.56 Å². The highest BCUT2D eigenvalue weighted by atomic mass is 32.2. The molecule has 4 rings (SSSR count). The minimum absolute atomic E-state index is 0.0336. The molecule has 0 aliphatic heterocycles.